The van der Waals surface area contributed by atoms with Gasteiger partial charge < -0.3 is 10.5 Å². The minimum atomic E-state index is -3.41. The summed E-state index contributed by atoms with van der Waals surface area (Å²) in [4.78, 5) is 0. The molecule has 0 heterocycles. The number of hydrogen-bond acceptors (Lipinski definition) is 4. The van der Waals surface area contributed by atoms with E-state index in [0.29, 0.717) is 0 Å². The van der Waals surface area contributed by atoms with E-state index in [0.717, 1.165) is 12.8 Å². The second kappa shape index (κ2) is 5.04. The van der Waals surface area contributed by atoms with E-state index >= 15 is 0 Å². The third kappa shape index (κ3) is 4.34. The van der Waals surface area contributed by atoms with Crippen molar-refractivity contribution in [3.05, 3.63) is 0 Å². The number of rotatable bonds is 7. The van der Waals surface area contributed by atoms with Gasteiger partial charge in [-0.15, -0.1) is 0 Å². The standard InChI is InChI=1S/C7H17N3O3S/c1-13-5-7(4-8)10-14(11,12)9-6-2-3-6/h6-7,9-10H,2-5,8H2,1H3. The Kier molecular flexibility index (Phi) is 4.27. The third-order valence-electron chi connectivity index (χ3n) is 1.87. The first kappa shape index (κ1) is 11.9. The Labute approximate surface area is 84.4 Å². The van der Waals surface area contributed by atoms with Crippen LogP contribution in [-0.2, 0) is 14.9 Å². The first-order valence-electron chi connectivity index (χ1n) is 4.56. The molecular weight excluding hydrogens is 206 g/mol. The molecule has 1 atom stereocenters. The Morgan fingerprint density at radius 3 is 2.64 bits per heavy atom. The van der Waals surface area contributed by atoms with Gasteiger partial charge in [0.2, 0.25) is 0 Å². The highest BCUT2D eigenvalue weighted by atomic mass is 32.2. The Morgan fingerprint density at radius 2 is 2.21 bits per heavy atom. The second-order valence-corrected chi connectivity index (χ2v) is 4.88. The van der Waals surface area contributed by atoms with Crippen LogP contribution in [0.1, 0.15) is 12.8 Å². The molecule has 4 N–H and O–H groups in total. The van der Waals surface area contributed by atoms with Gasteiger partial charge >= 0.3 is 0 Å². The maximum Gasteiger partial charge on any atom is 0.277 e. The fourth-order valence-electron chi connectivity index (χ4n) is 1.03. The van der Waals surface area contributed by atoms with E-state index in [4.69, 9.17) is 10.5 Å². The van der Waals surface area contributed by atoms with E-state index in [1.807, 2.05) is 0 Å². The van der Waals surface area contributed by atoms with Gasteiger partial charge in [0, 0.05) is 19.7 Å². The molecule has 0 aliphatic heterocycles. The van der Waals surface area contributed by atoms with Gasteiger partial charge in [-0.1, -0.05) is 0 Å². The van der Waals surface area contributed by atoms with Crippen molar-refractivity contribution in [2.75, 3.05) is 20.3 Å². The summed E-state index contributed by atoms with van der Waals surface area (Å²) in [6.07, 6.45) is 1.83. The molecule has 0 amide bonds. The lowest BCUT2D eigenvalue weighted by Gasteiger charge is -2.15. The minimum Gasteiger partial charge on any atom is -0.383 e. The topological polar surface area (TPSA) is 93.4 Å². The van der Waals surface area contributed by atoms with Crippen molar-refractivity contribution < 1.29 is 13.2 Å². The van der Waals surface area contributed by atoms with E-state index in [1.165, 1.54) is 7.11 Å². The molecule has 1 rings (SSSR count). The molecule has 1 saturated carbocycles. The van der Waals surface area contributed by atoms with Crippen molar-refractivity contribution in [1.29, 1.82) is 0 Å². The van der Waals surface area contributed by atoms with Crippen molar-refractivity contribution in [2.45, 2.75) is 24.9 Å². The molecule has 6 nitrogen and oxygen atoms in total. The summed E-state index contributed by atoms with van der Waals surface area (Å²) in [7, 11) is -1.91. The predicted octanol–water partition coefficient (Wildman–Crippen LogP) is -1.45. The first-order valence-corrected chi connectivity index (χ1v) is 6.04. The molecule has 1 aliphatic rings. The summed E-state index contributed by atoms with van der Waals surface area (Å²) in [6, 6.07) is -0.260. The SMILES string of the molecule is COCC(CN)NS(=O)(=O)NC1CC1. The van der Waals surface area contributed by atoms with Crippen LogP contribution in [0.25, 0.3) is 0 Å². The minimum absolute atomic E-state index is 0.105. The summed E-state index contributed by atoms with van der Waals surface area (Å²) in [5.74, 6) is 0. The number of hydrogen-bond donors (Lipinski definition) is 3. The Hall–Kier alpha value is -0.210. The van der Waals surface area contributed by atoms with Crippen molar-refractivity contribution in [3.8, 4) is 0 Å². The Morgan fingerprint density at radius 1 is 1.57 bits per heavy atom. The Balaban J connectivity index is 2.38. The van der Waals surface area contributed by atoms with Crippen molar-refractivity contribution >= 4 is 10.2 Å². The summed E-state index contributed by atoms with van der Waals surface area (Å²) in [5, 5.41) is 0. The van der Waals surface area contributed by atoms with Gasteiger partial charge in [-0.25, -0.2) is 0 Å². The largest absolute Gasteiger partial charge is 0.383 e. The molecule has 0 aromatic rings. The first-order chi connectivity index (χ1) is 6.57. The maximum absolute atomic E-state index is 11.4. The average molecular weight is 223 g/mol. The monoisotopic (exact) mass is 223 g/mol. The van der Waals surface area contributed by atoms with E-state index in [9.17, 15) is 8.42 Å². The third-order valence-corrected chi connectivity index (χ3v) is 3.16. The number of nitrogens with two attached hydrogens (primary N) is 1. The smallest absolute Gasteiger partial charge is 0.277 e. The van der Waals surface area contributed by atoms with Crippen LogP contribution >= 0.6 is 0 Å². The summed E-state index contributed by atoms with van der Waals surface area (Å²) in [5.41, 5.74) is 5.38. The van der Waals surface area contributed by atoms with Crippen LogP contribution in [0.3, 0.4) is 0 Å². The molecule has 0 radical (unpaired) electrons. The fourth-order valence-corrected chi connectivity index (χ4v) is 2.37. The summed E-state index contributed by atoms with van der Waals surface area (Å²) >= 11 is 0. The zero-order valence-electron chi connectivity index (χ0n) is 8.19. The molecule has 0 bridgehead atoms. The lowest BCUT2D eigenvalue weighted by atomic mass is 10.3. The van der Waals surface area contributed by atoms with Crippen LogP contribution < -0.4 is 15.2 Å². The van der Waals surface area contributed by atoms with Gasteiger partial charge in [-0.2, -0.15) is 17.9 Å². The normalized spacial score (nSPS) is 19.6. The molecule has 7 heteroatoms. The van der Waals surface area contributed by atoms with Gasteiger partial charge in [-0.05, 0) is 12.8 Å². The van der Waals surface area contributed by atoms with Crippen molar-refractivity contribution in [2.24, 2.45) is 5.73 Å². The zero-order chi connectivity index (χ0) is 10.6. The fraction of sp³-hybridized carbons (Fsp3) is 1.00. The summed E-state index contributed by atoms with van der Waals surface area (Å²) < 4.78 is 32.5. The number of nitrogens with one attached hydrogen (secondary N) is 2. The van der Waals surface area contributed by atoms with E-state index in [2.05, 4.69) is 9.44 Å². The highest BCUT2D eigenvalue weighted by Gasteiger charge is 2.27. The van der Waals surface area contributed by atoms with Crippen LogP contribution in [0.4, 0.5) is 0 Å². The lowest BCUT2D eigenvalue weighted by molar-refractivity contribution is 0.176. The number of methoxy groups -OCH3 is 1. The quantitative estimate of drug-likeness (QED) is 0.492. The van der Waals surface area contributed by atoms with E-state index < -0.39 is 10.2 Å². The van der Waals surface area contributed by atoms with Crippen LogP contribution in [-0.4, -0.2) is 40.8 Å². The molecule has 0 saturated heterocycles. The molecule has 14 heavy (non-hydrogen) atoms. The molecular formula is C7H17N3O3S. The van der Waals surface area contributed by atoms with Crippen molar-refractivity contribution in [3.63, 3.8) is 0 Å². The highest BCUT2D eigenvalue weighted by Crippen LogP contribution is 2.19. The zero-order valence-corrected chi connectivity index (χ0v) is 9.01. The van der Waals surface area contributed by atoms with Crippen molar-refractivity contribution in [1.82, 2.24) is 9.44 Å². The molecule has 0 aromatic carbocycles. The highest BCUT2D eigenvalue weighted by molar-refractivity contribution is 7.87. The van der Waals surface area contributed by atoms with Gasteiger partial charge in [0.25, 0.3) is 10.2 Å². The Bertz CT molecular complexity index is 263. The van der Waals surface area contributed by atoms with Crippen LogP contribution in [0.5, 0.6) is 0 Å². The predicted molar refractivity (Wildman–Crippen MR) is 52.9 cm³/mol. The van der Waals surface area contributed by atoms with Gasteiger partial charge in [-0.3, -0.25) is 0 Å². The van der Waals surface area contributed by atoms with Gasteiger partial charge in [0.05, 0.1) is 12.6 Å². The van der Waals surface area contributed by atoms with E-state index in [1.54, 1.807) is 0 Å². The summed E-state index contributed by atoms with van der Waals surface area (Å²) in [6.45, 7) is 0.501. The van der Waals surface area contributed by atoms with Crippen LogP contribution in [0.15, 0.2) is 0 Å². The molecule has 1 fully saturated rings. The molecule has 1 unspecified atom stereocenters. The van der Waals surface area contributed by atoms with Gasteiger partial charge in [0.1, 0.15) is 0 Å². The molecule has 84 valence electrons. The molecule has 0 spiro atoms. The van der Waals surface area contributed by atoms with E-state index in [-0.39, 0.29) is 25.2 Å². The lowest BCUT2D eigenvalue weighted by Crippen LogP contribution is -2.48. The number of ether oxygens (including phenoxy) is 1. The molecule has 0 aromatic heterocycles. The molecule has 1 aliphatic carbocycles. The average Bonchev–Trinajstić information content (AvgIpc) is 2.86. The van der Waals surface area contributed by atoms with Gasteiger partial charge in [0.15, 0.2) is 0 Å². The van der Waals surface area contributed by atoms with Crippen LogP contribution in [0.2, 0.25) is 0 Å². The van der Waals surface area contributed by atoms with Crippen LogP contribution in [0, 0.1) is 0 Å². The maximum atomic E-state index is 11.4. The second-order valence-electron chi connectivity index (χ2n) is 3.40.